The molecule has 0 aromatic rings. The van der Waals surface area contributed by atoms with Crippen molar-refractivity contribution >= 4 is 17.9 Å². The zero-order valence-corrected chi connectivity index (χ0v) is 15.9. The minimum atomic E-state index is -0.296. The van der Waals surface area contributed by atoms with E-state index in [9.17, 15) is 14.4 Å². The van der Waals surface area contributed by atoms with Gasteiger partial charge in [-0.25, -0.2) is 4.79 Å². The third-order valence-corrected chi connectivity index (χ3v) is 4.30. The fraction of sp³-hybridized carbons (Fsp3) is 0.824. The van der Waals surface area contributed by atoms with Crippen molar-refractivity contribution in [2.75, 3.05) is 53.4 Å². The Morgan fingerprint density at radius 2 is 1.80 bits per heavy atom. The Morgan fingerprint density at radius 1 is 1.16 bits per heavy atom. The van der Waals surface area contributed by atoms with Crippen LogP contribution in [-0.2, 0) is 14.3 Å². The summed E-state index contributed by atoms with van der Waals surface area (Å²) in [5.74, 6) is -0.0762. The molecule has 8 nitrogen and oxygen atoms in total. The van der Waals surface area contributed by atoms with Crippen LogP contribution in [0, 0.1) is 0 Å². The highest BCUT2D eigenvalue weighted by Crippen LogP contribution is 2.18. The lowest BCUT2D eigenvalue weighted by atomic mass is 10.0. The minimum Gasteiger partial charge on any atom is -0.450 e. The summed E-state index contributed by atoms with van der Waals surface area (Å²) < 4.78 is 5.01. The maximum Gasteiger partial charge on any atom is 0.409 e. The molecule has 0 saturated carbocycles. The Kier molecular flexibility index (Phi) is 9.26. The Morgan fingerprint density at radius 3 is 2.32 bits per heavy atom. The van der Waals surface area contributed by atoms with Crippen LogP contribution in [0.5, 0.6) is 0 Å². The Labute approximate surface area is 150 Å². The second-order valence-corrected chi connectivity index (χ2v) is 6.53. The van der Waals surface area contributed by atoms with Crippen LogP contribution in [0.2, 0.25) is 0 Å². The van der Waals surface area contributed by atoms with Crippen molar-refractivity contribution in [2.24, 2.45) is 0 Å². The third kappa shape index (κ3) is 7.72. The van der Waals surface area contributed by atoms with E-state index in [1.165, 1.54) is 6.92 Å². The molecule has 1 saturated heterocycles. The zero-order chi connectivity index (χ0) is 18.8. The Hall–Kier alpha value is -1.83. The molecule has 0 atom stereocenters. The lowest BCUT2D eigenvalue weighted by molar-refractivity contribution is -0.132. The number of likely N-dealkylation sites (N-methyl/N-ethyl adjacent to an activating group) is 1. The highest BCUT2D eigenvalue weighted by atomic mass is 16.6. The van der Waals surface area contributed by atoms with Crippen molar-refractivity contribution in [3.05, 3.63) is 0 Å². The second kappa shape index (κ2) is 10.9. The van der Waals surface area contributed by atoms with Gasteiger partial charge in [0, 0.05) is 52.1 Å². The number of likely N-dealkylation sites (tertiary alicyclic amines) is 1. The van der Waals surface area contributed by atoms with Crippen molar-refractivity contribution < 1.29 is 19.1 Å². The summed E-state index contributed by atoms with van der Waals surface area (Å²) in [6, 6.07) is 0.0674. The molecule has 3 amide bonds. The molecule has 8 heteroatoms. The number of carbonyl (C=O) groups excluding carboxylic acids is 3. The van der Waals surface area contributed by atoms with Gasteiger partial charge in [-0.3, -0.25) is 9.59 Å². The van der Waals surface area contributed by atoms with Gasteiger partial charge in [0.25, 0.3) is 0 Å². The molecule has 0 aromatic heterocycles. The van der Waals surface area contributed by atoms with Crippen molar-refractivity contribution in [3.63, 3.8) is 0 Å². The van der Waals surface area contributed by atoms with Crippen LogP contribution in [0.15, 0.2) is 0 Å². The van der Waals surface area contributed by atoms with E-state index < -0.39 is 0 Å². The van der Waals surface area contributed by atoms with Crippen LogP contribution in [0.4, 0.5) is 4.79 Å². The first-order valence-electron chi connectivity index (χ1n) is 8.95. The number of hydrogen-bond acceptors (Lipinski definition) is 5. The number of nitrogens with one attached hydrogen (secondary N) is 1. The van der Waals surface area contributed by atoms with Gasteiger partial charge < -0.3 is 24.8 Å². The van der Waals surface area contributed by atoms with Crippen molar-refractivity contribution in [3.8, 4) is 0 Å². The van der Waals surface area contributed by atoms with Crippen LogP contribution < -0.4 is 5.32 Å². The van der Waals surface area contributed by atoms with Gasteiger partial charge in [-0.15, -0.1) is 0 Å². The first-order valence-corrected chi connectivity index (χ1v) is 8.95. The quantitative estimate of drug-likeness (QED) is 0.686. The monoisotopic (exact) mass is 356 g/mol. The van der Waals surface area contributed by atoms with E-state index in [2.05, 4.69) is 5.32 Å². The zero-order valence-electron chi connectivity index (χ0n) is 15.9. The number of ether oxygens (including phenoxy) is 1. The molecule has 0 unspecified atom stereocenters. The smallest absolute Gasteiger partial charge is 0.409 e. The number of hydrogen-bond donors (Lipinski definition) is 1. The second-order valence-electron chi connectivity index (χ2n) is 6.53. The third-order valence-electron chi connectivity index (χ3n) is 4.30. The molecule has 0 aliphatic carbocycles. The molecule has 144 valence electrons. The highest BCUT2D eigenvalue weighted by molar-refractivity contribution is 5.78. The lowest BCUT2D eigenvalue weighted by Gasteiger charge is -2.37. The molecule has 25 heavy (non-hydrogen) atoms. The molecule has 1 fully saturated rings. The van der Waals surface area contributed by atoms with E-state index in [1.54, 1.807) is 16.7 Å². The predicted octanol–water partition coefficient (Wildman–Crippen LogP) is 0.524. The van der Waals surface area contributed by atoms with Gasteiger partial charge in [0.05, 0.1) is 6.61 Å². The molecule has 1 aliphatic heterocycles. The summed E-state index contributed by atoms with van der Waals surface area (Å²) in [5, 5.41) is 2.86. The van der Waals surface area contributed by atoms with Crippen LogP contribution >= 0.6 is 0 Å². The summed E-state index contributed by atoms with van der Waals surface area (Å²) in [4.78, 5) is 41.0. The van der Waals surface area contributed by atoms with E-state index >= 15 is 0 Å². The van der Waals surface area contributed by atoms with Gasteiger partial charge >= 0.3 is 6.09 Å². The molecule has 0 radical (unpaired) electrons. The van der Waals surface area contributed by atoms with Gasteiger partial charge in [0.2, 0.25) is 11.8 Å². The number of nitrogens with zero attached hydrogens (tertiary/aromatic N) is 3. The lowest BCUT2D eigenvalue weighted by Crippen LogP contribution is -2.49. The maximum absolute atomic E-state index is 12.0. The van der Waals surface area contributed by atoms with Crippen molar-refractivity contribution in [1.82, 2.24) is 20.0 Å². The van der Waals surface area contributed by atoms with E-state index in [4.69, 9.17) is 4.74 Å². The first kappa shape index (κ1) is 21.2. The standard InChI is InChI=1S/C17H32N4O4/c1-5-25-17(24)20-10-6-15(7-11-20)21(14(2)22)12-8-16(23)18-9-13-19(3)4/h15H,5-13H2,1-4H3,(H,18,23). The van der Waals surface area contributed by atoms with E-state index in [0.29, 0.717) is 52.0 Å². The van der Waals surface area contributed by atoms with E-state index in [1.807, 2.05) is 19.0 Å². The summed E-state index contributed by atoms with van der Waals surface area (Å²) >= 11 is 0. The molecule has 1 N–H and O–H groups in total. The average Bonchev–Trinajstić information content (AvgIpc) is 2.55. The fourth-order valence-electron chi connectivity index (χ4n) is 2.90. The molecule has 1 heterocycles. The summed E-state index contributed by atoms with van der Waals surface area (Å²) in [5.41, 5.74) is 0. The van der Waals surface area contributed by atoms with Crippen LogP contribution in [0.1, 0.15) is 33.1 Å². The van der Waals surface area contributed by atoms with E-state index in [0.717, 1.165) is 6.54 Å². The number of amides is 3. The summed E-state index contributed by atoms with van der Waals surface area (Å²) in [6.45, 7) is 6.62. The van der Waals surface area contributed by atoms with Crippen molar-refractivity contribution in [1.29, 1.82) is 0 Å². The molecule has 0 bridgehead atoms. The largest absolute Gasteiger partial charge is 0.450 e. The molecule has 1 aliphatic rings. The average molecular weight is 356 g/mol. The van der Waals surface area contributed by atoms with Crippen LogP contribution in [-0.4, -0.2) is 92.1 Å². The molecule has 0 aromatic carbocycles. The highest BCUT2D eigenvalue weighted by Gasteiger charge is 2.28. The molecule has 0 spiro atoms. The van der Waals surface area contributed by atoms with Gasteiger partial charge in [-0.1, -0.05) is 0 Å². The minimum absolute atomic E-state index is 0.0318. The van der Waals surface area contributed by atoms with E-state index in [-0.39, 0.29) is 23.9 Å². The first-order chi connectivity index (χ1) is 11.8. The SMILES string of the molecule is CCOC(=O)N1CCC(N(CCC(=O)NCCN(C)C)C(C)=O)CC1. The maximum atomic E-state index is 12.0. The topological polar surface area (TPSA) is 82.2 Å². The summed E-state index contributed by atoms with van der Waals surface area (Å²) in [7, 11) is 3.90. The van der Waals surface area contributed by atoms with Crippen LogP contribution in [0.25, 0.3) is 0 Å². The molecular formula is C17H32N4O4. The fourth-order valence-corrected chi connectivity index (χ4v) is 2.90. The molecular weight excluding hydrogens is 324 g/mol. The van der Waals surface area contributed by atoms with Gasteiger partial charge in [-0.2, -0.15) is 0 Å². The Balaban J connectivity index is 2.41. The molecule has 1 rings (SSSR count). The van der Waals surface area contributed by atoms with Crippen LogP contribution in [0.3, 0.4) is 0 Å². The number of piperidine rings is 1. The Bertz CT molecular complexity index is 448. The normalized spacial score (nSPS) is 15.2. The van der Waals surface area contributed by atoms with Crippen molar-refractivity contribution in [2.45, 2.75) is 39.2 Å². The van der Waals surface area contributed by atoms with Gasteiger partial charge in [0.1, 0.15) is 0 Å². The van der Waals surface area contributed by atoms with Gasteiger partial charge in [0.15, 0.2) is 0 Å². The number of rotatable bonds is 8. The predicted molar refractivity (Wildman–Crippen MR) is 95.2 cm³/mol. The summed E-state index contributed by atoms with van der Waals surface area (Å²) in [6.07, 6.45) is 1.42. The van der Waals surface area contributed by atoms with Gasteiger partial charge in [-0.05, 0) is 33.9 Å². The number of carbonyl (C=O) groups is 3.